The third kappa shape index (κ3) is 2.97. The fourth-order valence-electron chi connectivity index (χ4n) is 2.49. The van der Waals surface area contributed by atoms with E-state index in [1.807, 2.05) is 12.1 Å². The van der Waals surface area contributed by atoms with E-state index in [1.54, 1.807) is 6.07 Å². The Kier molecular flexibility index (Phi) is 3.66. The number of rotatable bonds is 3. The number of hydrogen-bond acceptors (Lipinski definition) is 4. The zero-order chi connectivity index (χ0) is 13.9. The average molecular weight is 275 g/mol. The first kappa shape index (κ1) is 13.1. The van der Waals surface area contributed by atoms with Crippen molar-refractivity contribution in [3.63, 3.8) is 0 Å². The molecule has 6 nitrogen and oxygen atoms in total. The number of amides is 2. The minimum Gasteiger partial charge on any atom is -0.378 e. The normalized spacial score (nSPS) is 21.2. The predicted molar refractivity (Wildman–Crippen MR) is 74.6 cm³/mol. The summed E-state index contributed by atoms with van der Waals surface area (Å²) in [4.78, 5) is 23.2. The van der Waals surface area contributed by atoms with Crippen LogP contribution in [-0.4, -0.2) is 37.6 Å². The van der Waals surface area contributed by atoms with Crippen LogP contribution in [0.4, 0.5) is 11.4 Å². The molecule has 2 heterocycles. The SMILES string of the molecule is O=C(CC1COCCN1)Nc1ccc2c(c1)CC(=O)N2. The van der Waals surface area contributed by atoms with Crippen molar-refractivity contribution in [2.24, 2.45) is 0 Å². The number of carbonyl (C=O) groups excluding carboxylic acids is 2. The summed E-state index contributed by atoms with van der Waals surface area (Å²) in [7, 11) is 0. The lowest BCUT2D eigenvalue weighted by molar-refractivity contribution is -0.117. The van der Waals surface area contributed by atoms with Gasteiger partial charge in [-0.2, -0.15) is 0 Å². The Hall–Kier alpha value is -1.92. The first-order valence-corrected chi connectivity index (χ1v) is 6.74. The Morgan fingerprint density at radius 3 is 3.15 bits per heavy atom. The van der Waals surface area contributed by atoms with Crippen molar-refractivity contribution >= 4 is 23.2 Å². The van der Waals surface area contributed by atoms with Gasteiger partial charge in [-0.05, 0) is 23.8 Å². The molecule has 3 N–H and O–H groups in total. The topological polar surface area (TPSA) is 79.5 Å². The standard InChI is InChI=1S/C14H17N3O3/c18-13-6-9-5-10(1-2-12(9)17-13)16-14(19)7-11-8-20-4-3-15-11/h1-2,5,11,15H,3-4,6-8H2,(H,16,19)(H,17,18). The summed E-state index contributed by atoms with van der Waals surface area (Å²) in [6.45, 7) is 2.05. The summed E-state index contributed by atoms with van der Waals surface area (Å²) in [5.41, 5.74) is 2.48. The van der Waals surface area contributed by atoms with Crippen molar-refractivity contribution in [1.82, 2.24) is 5.32 Å². The summed E-state index contributed by atoms with van der Waals surface area (Å²) in [5.74, 6) is -0.0581. The van der Waals surface area contributed by atoms with Crippen molar-refractivity contribution in [2.45, 2.75) is 18.9 Å². The van der Waals surface area contributed by atoms with Crippen molar-refractivity contribution in [3.05, 3.63) is 23.8 Å². The molecule has 2 aliphatic heterocycles. The molecule has 0 saturated carbocycles. The molecule has 20 heavy (non-hydrogen) atoms. The summed E-state index contributed by atoms with van der Waals surface area (Å²) in [5, 5.41) is 8.87. The van der Waals surface area contributed by atoms with Gasteiger partial charge in [0.1, 0.15) is 0 Å². The summed E-state index contributed by atoms with van der Waals surface area (Å²) in [6, 6.07) is 5.53. The Morgan fingerprint density at radius 1 is 1.45 bits per heavy atom. The van der Waals surface area contributed by atoms with Gasteiger partial charge in [0.15, 0.2) is 0 Å². The monoisotopic (exact) mass is 275 g/mol. The lowest BCUT2D eigenvalue weighted by Crippen LogP contribution is -2.43. The molecule has 1 aromatic rings. The van der Waals surface area contributed by atoms with Crippen LogP contribution in [0.2, 0.25) is 0 Å². The van der Waals surface area contributed by atoms with Crippen molar-refractivity contribution in [2.75, 3.05) is 30.4 Å². The minimum atomic E-state index is -0.0507. The second kappa shape index (κ2) is 5.60. The van der Waals surface area contributed by atoms with Crippen molar-refractivity contribution in [3.8, 4) is 0 Å². The van der Waals surface area contributed by atoms with E-state index in [-0.39, 0.29) is 17.9 Å². The number of morpholine rings is 1. The molecule has 0 radical (unpaired) electrons. The maximum Gasteiger partial charge on any atom is 0.228 e. The van der Waals surface area contributed by atoms with E-state index in [9.17, 15) is 9.59 Å². The molecule has 0 aromatic heterocycles. The van der Waals surface area contributed by atoms with E-state index in [4.69, 9.17) is 4.74 Å². The molecule has 106 valence electrons. The van der Waals surface area contributed by atoms with Gasteiger partial charge in [0.05, 0.1) is 19.6 Å². The Morgan fingerprint density at radius 2 is 2.35 bits per heavy atom. The molecule has 0 spiro atoms. The van der Waals surface area contributed by atoms with E-state index in [0.29, 0.717) is 26.1 Å². The number of benzene rings is 1. The summed E-state index contributed by atoms with van der Waals surface area (Å²) >= 11 is 0. The zero-order valence-electron chi connectivity index (χ0n) is 11.1. The summed E-state index contributed by atoms with van der Waals surface area (Å²) in [6.07, 6.45) is 0.755. The maximum atomic E-state index is 12.0. The van der Waals surface area contributed by atoms with Gasteiger partial charge in [-0.25, -0.2) is 0 Å². The molecule has 1 atom stereocenters. The highest BCUT2D eigenvalue weighted by molar-refractivity contribution is 6.00. The molecule has 1 unspecified atom stereocenters. The third-order valence-electron chi connectivity index (χ3n) is 3.44. The van der Waals surface area contributed by atoms with Crippen LogP contribution in [0, 0.1) is 0 Å². The Balaban J connectivity index is 1.59. The first-order chi connectivity index (χ1) is 9.70. The van der Waals surface area contributed by atoms with Gasteiger partial charge in [0, 0.05) is 30.4 Å². The van der Waals surface area contributed by atoms with Crippen LogP contribution in [0.15, 0.2) is 18.2 Å². The number of nitrogens with one attached hydrogen (secondary N) is 3. The highest BCUT2D eigenvalue weighted by Gasteiger charge is 2.19. The van der Waals surface area contributed by atoms with Gasteiger partial charge in [-0.15, -0.1) is 0 Å². The van der Waals surface area contributed by atoms with Gasteiger partial charge in [0.25, 0.3) is 0 Å². The first-order valence-electron chi connectivity index (χ1n) is 6.74. The third-order valence-corrected chi connectivity index (χ3v) is 3.44. The van der Waals surface area contributed by atoms with Crippen LogP contribution in [0.25, 0.3) is 0 Å². The smallest absolute Gasteiger partial charge is 0.228 e. The molecule has 1 aromatic carbocycles. The van der Waals surface area contributed by atoms with Gasteiger partial charge >= 0.3 is 0 Å². The van der Waals surface area contributed by atoms with Crippen LogP contribution in [0.3, 0.4) is 0 Å². The molecular weight excluding hydrogens is 258 g/mol. The van der Waals surface area contributed by atoms with Gasteiger partial charge in [0.2, 0.25) is 11.8 Å². The predicted octanol–water partition coefficient (Wildman–Crippen LogP) is 0.498. The fourth-order valence-corrected chi connectivity index (χ4v) is 2.49. The molecule has 0 aliphatic carbocycles. The highest BCUT2D eigenvalue weighted by atomic mass is 16.5. The minimum absolute atomic E-state index is 0.00738. The molecular formula is C14H17N3O3. The van der Waals surface area contributed by atoms with E-state index >= 15 is 0 Å². The molecule has 2 aliphatic rings. The average Bonchev–Trinajstić information content (AvgIpc) is 2.79. The fraction of sp³-hybridized carbons (Fsp3) is 0.429. The number of carbonyl (C=O) groups is 2. The second-order valence-electron chi connectivity index (χ2n) is 5.08. The van der Waals surface area contributed by atoms with Gasteiger partial charge in [-0.3, -0.25) is 9.59 Å². The van der Waals surface area contributed by atoms with Crippen LogP contribution >= 0.6 is 0 Å². The molecule has 3 rings (SSSR count). The Bertz CT molecular complexity index is 538. The zero-order valence-corrected chi connectivity index (χ0v) is 11.1. The largest absolute Gasteiger partial charge is 0.378 e. The summed E-state index contributed by atoms with van der Waals surface area (Å²) < 4.78 is 5.32. The van der Waals surface area contributed by atoms with Crippen LogP contribution in [0.1, 0.15) is 12.0 Å². The van der Waals surface area contributed by atoms with Crippen molar-refractivity contribution in [1.29, 1.82) is 0 Å². The molecule has 0 bridgehead atoms. The molecule has 1 saturated heterocycles. The van der Waals surface area contributed by atoms with E-state index in [1.165, 1.54) is 0 Å². The number of ether oxygens (including phenoxy) is 1. The van der Waals surface area contributed by atoms with E-state index in [2.05, 4.69) is 16.0 Å². The highest BCUT2D eigenvalue weighted by Crippen LogP contribution is 2.26. The van der Waals surface area contributed by atoms with Crippen LogP contribution < -0.4 is 16.0 Å². The van der Waals surface area contributed by atoms with E-state index < -0.39 is 0 Å². The van der Waals surface area contributed by atoms with Crippen molar-refractivity contribution < 1.29 is 14.3 Å². The molecule has 6 heteroatoms. The quantitative estimate of drug-likeness (QED) is 0.750. The van der Waals surface area contributed by atoms with E-state index in [0.717, 1.165) is 23.5 Å². The molecule has 1 fully saturated rings. The van der Waals surface area contributed by atoms with Gasteiger partial charge < -0.3 is 20.7 Å². The van der Waals surface area contributed by atoms with Gasteiger partial charge in [-0.1, -0.05) is 0 Å². The lowest BCUT2D eigenvalue weighted by Gasteiger charge is -2.23. The second-order valence-corrected chi connectivity index (χ2v) is 5.08. The number of anilines is 2. The Labute approximate surface area is 116 Å². The maximum absolute atomic E-state index is 12.0. The lowest BCUT2D eigenvalue weighted by atomic mass is 10.1. The number of hydrogen-bond donors (Lipinski definition) is 3. The van der Waals surface area contributed by atoms with Crippen LogP contribution in [-0.2, 0) is 20.7 Å². The van der Waals surface area contributed by atoms with Crippen LogP contribution in [0.5, 0.6) is 0 Å². The number of fused-ring (bicyclic) bond motifs is 1. The molecule has 2 amide bonds.